The topological polar surface area (TPSA) is 44.1 Å². The highest BCUT2D eigenvalue weighted by Crippen LogP contribution is 2.43. The number of hydrogen-bond acceptors (Lipinski definition) is 3. The molecule has 1 atom stereocenters. The van der Waals surface area contributed by atoms with Gasteiger partial charge in [0.15, 0.2) is 5.69 Å². The van der Waals surface area contributed by atoms with Gasteiger partial charge in [0, 0.05) is 17.0 Å². The second-order valence-electron chi connectivity index (χ2n) is 7.57. The van der Waals surface area contributed by atoms with Gasteiger partial charge in [0.2, 0.25) is 0 Å². The zero-order valence-corrected chi connectivity index (χ0v) is 18.4. The van der Waals surface area contributed by atoms with Crippen molar-refractivity contribution < 1.29 is 9.53 Å². The Morgan fingerprint density at radius 2 is 1.86 bits per heavy atom. The van der Waals surface area contributed by atoms with Crippen LogP contribution in [-0.2, 0) is 11.3 Å². The number of aromatic nitrogens is 2. The van der Waals surface area contributed by atoms with E-state index >= 15 is 0 Å². The van der Waals surface area contributed by atoms with E-state index in [1.54, 1.807) is 0 Å². The lowest BCUT2D eigenvalue weighted by Crippen LogP contribution is -2.10. The summed E-state index contributed by atoms with van der Waals surface area (Å²) >= 11 is 0. The molecule has 0 fully saturated rings. The van der Waals surface area contributed by atoms with Crippen LogP contribution in [0.15, 0.2) is 42.0 Å². The summed E-state index contributed by atoms with van der Waals surface area (Å²) in [6.45, 7) is 11.0. The first-order valence-electron chi connectivity index (χ1n) is 9.87. The van der Waals surface area contributed by atoms with Crippen LogP contribution in [0.2, 0.25) is 0 Å². The third-order valence-electron chi connectivity index (χ3n) is 6.02. The molecule has 0 saturated heterocycles. The molecule has 0 bridgehead atoms. The SMILES string of the molecule is CCC1=C(C)c2cc3nc(C(=O)OCc4ccccc4)c(C)c-3c(C)n2C1C.Cl. The van der Waals surface area contributed by atoms with Crippen LogP contribution < -0.4 is 0 Å². The second-order valence-corrected chi connectivity index (χ2v) is 7.57. The van der Waals surface area contributed by atoms with Gasteiger partial charge in [-0.1, -0.05) is 37.3 Å². The minimum absolute atomic E-state index is 0. The Morgan fingerprint density at radius 1 is 1.17 bits per heavy atom. The molecular formula is C24H27ClN2O2. The van der Waals surface area contributed by atoms with E-state index in [4.69, 9.17) is 4.74 Å². The minimum Gasteiger partial charge on any atom is -0.456 e. The van der Waals surface area contributed by atoms with E-state index in [1.165, 1.54) is 16.8 Å². The van der Waals surface area contributed by atoms with Gasteiger partial charge in [-0.3, -0.25) is 0 Å². The van der Waals surface area contributed by atoms with E-state index in [0.29, 0.717) is 11.7 Å². The molecule has 3 heterocycles. The highest BCUT2D eigenvalue weighted by atomic mass is 35.5. The third kappa shape index (κ3) is 3.36. The van der Waals surface area contributed by atoms with Crippen molar-refractivity contribution in [3.63, 3.8) is 0 Å². The van der Waals surface area contributed by atoms with Crippen molar-refractivity contribution in [3.8, 4) is 11.3 Å². The molecule has 29 heavy (non-hydrogen) atoms. The minimum atomic E-state index is -0.364. The van der Waals surface area contributed by atoms with Crippen LogP contribution in [0.1, 0.15) is 66.2 Å². The molecular weight excluding hydrogens is 384 g/mol. The molecule has 0 radical (unpaired) electrons. The summed E-state index contributed by atoms with van der Waals surface area (Å²) in [5.41, 5.74) is 9.39. The van der Waals surface area contributed by atoms with Crippen molar-refractivity contribution in [1.82, 2.24) is 9.55 Å². The number of rotatable bonds is 4. The molecule has 0 amide bonds. The fourth-order valence-electron chi connectivity index (χ4n) is 4.60. The fraction of sp³-hybridized carbons (Fsp3) is 0.333. The summed E-state index contributed by atoms with van der Waals surface area (Å²) in [4.78, 5) is 17.4. The van der Waals surface area contributed by atoms with Crippen LogP contribution in [0.4, 0.5) is 0 Å². The molecule has 3 aliphatic rings. The van der Waals surface area contributed by atoms with Gasteiger partial charge in [0.1, 0.15) is 6.61 Å². The predicted molar refractivity (Wildman–Crippen MR) is 119 cm³/mol. The number of carbonyl (C=O) groups is 1. The van der Waals surface area contributed by atoms with E-state index in [-0.39, 0.29) is 25.0 Å². The van der Waals surface area contributed by atoms with Gasteiger partial charge in [-0.15, -0.1) is 12.4 Å². The molecule has 0 spiro atoms. The van der Waals surface area contributed by atoms with Crippen LogP contribution in [0.3, 0.4) is 0 Å². The summed E-state index contributed by atoms with van der Waals surface area (Å²) in [6.07, 6.45) is 1.04. The van der Waals surface area contributed by atoms with E-state index in [0.717, 1.165) is 34.5 Å². The number of benzene rings is 1. The van der Waals surface area contributed by atoms with Crippen molar-refractivity contribution >= 4 is 23.9 Å². The molecule has 1 aromatic carbocycles. The van der Waals surface area contributed by atoms with Crippen LogP contribution in [0, 0.1) is 13.8 Å². The standard InChI is InChI=1S/C24H26N2O2.ClH/c1-6-19-14(2)21-12-20-22(17(5)26(21)16(19)4)15(3)23(25-20)24(27)28-13-18-10-8-7-9-11-18;/h7-12,16H,6,13H2,1-5H3;1H. The first kappa shape index (κ1) is 21.1. The molecule has 0 N–H and O–H groups in total. The van der Waals surface area contributed by atoms with Gasteiger partial charge in [-0.25, -0.2) is 9.78 Å². The summed E-state index contributed by atoms with van der Waals surface area (Å²) < 4.78 is 7.90. The Labute approximate surface area is 178 Å². The van der Waals surface area contributed by atoms with E-state index in [2.05, 4.69) is 43.3 Å². The number of halogens is 1. The molecule has 4 nitrogen and oxygen atoms in total. The number of allylic oxidation sites excluding steroid dienone is 2. The Morgan fingerprint density at radius 3 is 2.52 bits per heavy atom. The van der Waals surface area contributed by atoms with Crippen molar-refractivity contribution in [1.29, 1.82) is 0 Å². The average molecular weight is 411 g/mol. The number of nitrogens with zero attached hydrogens (tertiary/aromatic N) is 2. The van der Waals surface area contributed by atoms with Crippen LogP contribution in [-0.4, -0.2) is 15.5 Å². The van der Waals surface area contributed by atoms with E-state index in [1.807, 2.05) is 37.3 Å². The highest BCUT2D eigenvalue weighted by Gasteiger charge is 2.31. The maximum absolute atomic E-state index is 12.7. The van der Waals surface area contributed by atoms with Crippen molar-refractivity contribution in [3.05, 3.63) is 70.2 Å². The normalized spacial score (nSPS) is 15.4. The largest absolute Gasteiger partial charge is 0.456 e. The third-order valence-corrected chi connectivity index (χ3v) is 6.02. The van der Waals surface area contributed by atoms with Crippen molar-refractivity contribution in [2.24, 2.45) is 0 Å². The number of esters is 1. The molecule has 3 aliphatic heterocycles. The molecule has 152 valence electrons. The molecule has 1 aromatic rings. The summed E-state index contributed by atoms with van der Waals surface area (Å²) in [6, 6.07) is 12.2. The Bertz CT molecular complexity index is 1070. The van der Waals surface area contributed by atoms with Crippen LogP contribution in [0.5, 0.6) is 0 Å². The number of ether oxygens (including phenoxy) is 1. The number of fused-ring (bicyclic) bond motifs is 2. The average Bonchev–Trinajstić information content (AvgIpc) is 3.15. The van der Waals surface area contributed by atoms with Gasteiger partial charge < -0.3 is 9.30 Å². The molecule has 1 unspecified atom stereocenters. The van der Waals surface area contributed by atoms with Gasteiger partial charge >= 0.3 is 5.97 Å². The molecule has 0 saturated carbocycles. The fourth-order valence-corrected chi connectivity index (χ4v) is 4.60. The lowest BCUT2D eigenvalue weighted by Gasteiger charge is -2.20. The predicted octanol–water partition coefficient (Wildman–Crippen LogP) is 6.14. The summed E-state index contributed by atoms with van der Waals surface area (Å²) in [5.74, 6) is -0.364. The Kier molecular flexibility index (Phi) is 5.85. The zero-order chi connectivity index (χ0) is 20.0. The maximum Gasteiger partial charge on any atom is 0.357 e. The summed E-state index contributed by atoms with van der Waals surface area (Å²) in [7, 11) is 0. The van der Waals surface area contributed by atoms with Crippen LogP contribution >= 0.6 is 12.4 Å². The second kappa shape index (κ2) is 8.03. The molecule has 4 rings (SSSR count). The van der Waals surface area contributed by atoms with Crippen molar-refractivity contribution in [2.45, 2.75) is 53.7 Å². The lowest BCUT2D eigenvalue weighted by molar-refractivity contribution is 0.0466. The molecule has 5 heteroatoms. The smallest absolute Gasteiger partial charge is 0.357 e. The maximum atomic E-state index is 12.7. The Hall–Kier alpha value is -2.59. The first-order chi connectivity index (χ1) is 13.4. The Balaban J connectivity index is 0.00000240. The number of pyridine rings is 1. The van der Waals surface area contributed by atoms with E-state index < -0.39 is 0 Å². The van der Waals surface area contributed by atoms with Gasteiger partial charge in [0.25, 0.3) is 0 Å². The van der Waals surface area contributed by atoms with Gasteiger partial charge in [-0.2, -0.15) is 0 Å². The van der Waals surface area contributed by atoms with Crippen molar-refractivity contribution in [2.75, 3.05) is 0 Å². The van der Waals surface area contributed by atoms with Gasteiger partial charge in [-0.05, 0) is 62.5 Å². The highest BCUT2D eigenvalue weighted by molar-refractivity contribution is 5.94. The molecule has 0 aromatic heterocycles. The van der Waals surface area contributed by atoms with Gasteiger partial charge in [0.05, 0.1) is 11.7 Å². The molecule has 0 aliphatic carbocycles. The number of hydrogen-bond donors (Lipinski definition) is 0. The lowest BCUT2D eigenvalue weighted by atomic mass is 10.0. The summed E-state index contributed by atoms with van der Waals surface area (Å²) in [5, 5.41) is 0. The zero-order valence-electron chi connectivity index (χ0n) is 17.6. The monoisotopic (exact) mass is 410 g/mol. The van der Waals surface area contributed by atoms with E-state index in [9.17, 15) is 4.79 Å². The quantitative estimate of drug-likeness (QED) is 0.485. The first-order valence-corrected chi connectivity index (χ1v) is 9.87. The number of carbonyl (C=O) groups excluding carboxylic acids is 1. The van der Waals surface area contributed by atoms with Crippen LogP contribution in [0.25, 0.3) is 16.8 Å².